The number of sulfonamides is 1. The molecule has 0 heterocycles. The summed E-state index contributed by atoms with van der Waals surface area (Å²) in [5, 5.41) is 3.11. The van der Waals surface area contributed by atoms with Crippen LogP contribution in [0.2, 0.25) is 0 Å². The standard InChI is InChI=1S/C11H15FN4O2S/c12-10(9-14-16-13)5-4-8-15-19(17,18)11-6-2-1-3-7-11/h1-3,6-7,10,15H,4-5,8-9H2. The van der Waals surface area contributed by atoms with Crippen LogP contribution >= 0.6 is 0 Å². The summed E-state index contributed by atoms with van der Waals surface area (Å²) in [5.41, 5.74) is 8.02. The lowest BCUT2D eigenvalue weighted by Crippen LogP contribution is -2.25. The monoisotopic (exact) mass is 286 g/mol. The molecule has 0 spiro atoms. The van der Waals surface area contributed by atoms with Crippen LogP contribution in [0.25, 0.3) is 10.4 Å². The minimum absolute atomic E-state index is 0.147. The minimum atomic E-state index is -3.53. The summed E-state index contributed by atoms with van der Waals surface area (Å²) in [6, 6.07) is 7.96. The maximum atomic E-state index is 13.1. The fourth-order valence-electron chi connectivity index (χ4n) is 1.43. The van der Waals surface area contributed by atoms with Gasteiger partial charge in [-0.1, -0.05) is 23.3 Å². The lowest BCUT2D eigenvalue weighted by molar-refractivity contribution is 0.316. The molecule has 1 N–H and O–H groups in total. The van der Waals surface area contributed by atoms with Gasteiger partial charge in [0, 0.05) is 11.5 Å². The van der Waals surface area contributed by atoms with Gasteiger partial charge in [0.15, 0.2) is 0 Å². The molecule has 1 atom stereocenters. The molecule has 0 saturated carbocycles. The topological polar surface area (TPSA) is 94.9 Å². The molecular weight excluding hydrogens is 271 g/mol. The number of alkyl halides is 1. The molecule has 1 rings (SSSR count). The van der Waals surface area contributed by atoms with E-state index in [1.54, 1.807) is 18.2 Å². The Morgan fingerprint density at radius 1 is 1.37 bits per heavy atom. The third-order valence-corrected chi connectivity index (χ3v) is 3.86. The summed E-state index contributed by atoms with van der Waals surface area (Å²) in [4.78, 5) is 2.64. The molecule has 1 unspecified atom stereocenters. The number of rotatable bonds is 8. The molecule has 104 valence electrons. The summed E-state index contributed by atoms with van der Waals surface area (Å²) in [7, 11) is -3.53. The van der Waals surface area contributed by atoms with Crippen LogP contribution in [-0.4, -0.2) is 27.7 Å². The van der Waals surface area contributed by atoms with Gasteiger partial charge in [-0.25, -0.2) is 17.5 Å². The van der Waals surface area contributed by atoms with E-state index in [2.05, 4.69) is 14.7 Å². The molecule has 0 aliphatic carbocycles. The van der Waals surface area contributed by atoms with Gasteiger partial charge < -0.3 is 0 Å². The quantitative estimate of drug-likeness (QED) is 0.344. The smallest absolute Gasteiger partial charge is 0.240 e. The lowest BCUT2D eigenvalue weighted by atomic mass is 10.2. The van der Waals surface area contributed by atoms with E-state index in [9.17, 15) is 12.8 Å². The van der Waals surface area contributed by atoms with Crippen molar-refractivity contribution in [3.8, 4) is 0 Å². The number of benzene rings is 1. The molecule has 8 heteroatoms. The first-order valence-electron chi connectivity index (χ1n) is 5.76. The Bertz CT molecular complexity index is 529. The number of hydrogen-bond acceptors (Lipinski definition) is 3. The van der Waals surface area contributed by atoms with Crippen LogP contribution in [0.5, 0.6) is 0 Å². The first-order chi connectivity index (χ1) is 9.06. The average Bonchev–Trinajstić information content (AvgIpc) is 2.42. The van der Waals surface area contributed by atoms with Crippen molar-refractivity contribution in [3.05, 3.63) is 40.8 Å². The fourth-order valence-corrected chi connectivity index (χ4v) is 2.52. The zero-order chi connectivity index (χ0) is 14.1. The SMILES string of the molecule is [N-]=[N+]=NCC(F)CCCNS(=O)(=O)c1ccccc1. The summed E-state index contributed by atoms with van der Waals surface area (Å²) in [6.45, 7) is -0.0736. The van der Waals surface area contributed by atoms with Crippen molar-refractivity contribution in [1.29, 1.82) is 0 Å². The fraction of sp³-hybridized carbons (Fsp3) is 0.455. The first-order valence-corrected chi connectivity index (χ1v) is 7.24. The van der Waals surface area contributed by atoms with Crippen molar-refractivity contribution >= 4 is 10.0 Å². The van der Waals surface area contributed by atoms with E-state index in [1.165, 1.54) is 12.1 Å². The van der Waals surface area contributed by atoms with E-state index in [-0.39, 0.29) is 24.4 Å². The van der Waals surface area contributed by atoms with Gasteiger partial charge in [0.05, 0.1) is 11.4 Å². The van der Waals surface area contributed by atoms with Crippen LogP contribution in [-0.2, 0) is 10.0 Å². The number of nitrogens with one attached hydrogen (secondary N) is 1. The zero-order valence-electron chi connectivity index (χ0n) is 10.2. The highest BCUT2D eigenvalue weighted by Gasteiger charge is 2.12. The predicted octanol–water partition coefficient (Wildman–Crippen LogP) is 2.39. The second-order valence-electron chi connectivity index (χ2n) is 3.86. The Balaban J connectivity index is 2.35. The van der Waals surface area contributed by atoms with Crippen molar-refractivity contribution in [2.45, 2.75) is 23.9 Å². The van der Waals surface area contributed by atoms with Crippen molar-refractivity contribution in [2.75, 3.05) is 13.1 Å². The molecule has 19 heavy (non-hydrogen) atoms. The van der Waals surface area contributed by atoms with Gasteiger partial charge in [0.25, 0.3) is 0 Å². The Hall–Kier alpha value is -1.63. The summed E-state index contributed by atoms with van der Waals surface area (Å²) in [6.07, 6.45) is -0.748. The average molecular weight is 286 g/mol. The molecule has 6 nitrogen and oxygen atoms in total. The van der Waals surface area contributed by atoms with Crippen molar-refractivity contribution in [3.63, 3.8) is 0 Å². The number of nitrogens with zero attached hydrogens (tertiary/aromatic N) is 3. The van der Waals surface area contributed by atoms with Gasteiger partial charge >= 0.3 is 0 Å². The van der Waals surface area contributed by atoms with Gasteiger partial charge in [0.1, 0.15) is 6.17 Å². The first kappa shape index (κ1) is 15.4. The largest absolute Gasteiger partial charge is 0.247 e. The Morgan fingerprint density at radius 2 is 2.05 bits per heavy atom. The van der Waals surface area contributed by atoms with Crippen LogP contribution in [0.3, 0.4) is 0 Å². The number of halogens is 1. The predicted molar refractivity (Wildman–Crippen MR) is 69.8 cm³/mol. The number of hydrogen-bond donors (Lipinski definition) is 1. The zero-order valence-corrected chi connectivity index (χ0v) is 11.1. The van der Waals surface area contributed by atoms with Crippen LogP contribution in [0, 0.1) is 0 Å². The molecule has 0 saturated heterocycles. The second-order valence-corrected chi connectivity index (χ2v) is 5.63. The second kappa shape index (κ2) is 7.73. The van der Waals surface area contributed by atoms with Crippen molar-refractivity contribution < 1.29 is 12.8 Å². The highest BCUT2D eigenvalue weighted by Crippen LogP contribution is 2.08. The molecule has 0 amide bonds. The van der Waals surface area contributed by atoms with E-state index >= 15 is 0 Å². The van der Waals surface area contributed by atoms with Crippen LogP contribution in [0.15, 0.2) is 40.3 Å². The van der Waals surface area contributed by atoms with Gasteiger partial charge in [-0.15, -0.1) is 0 Å². The molecule has 0 bridgehead atoms. The summed E-state index contributed by atoms with van der Waals surface area (Å²) < 4.78 is 39.0. The Morgan fingerprint density at radius 3 is 2.68 bits per heavy atom. The van der Waals surface area contributed by atoms with Crippen molar-refractivity contribution in [2.24, 2.45) is 5.11 Å². The third kappa shape index (κ3) is 5.69. The Labute approximate surface area is 111 Å². The molecule has 1 aromatic carbocycles. The molecule has 0 radical (unpaired) electrons. The maximum Gasteiger partial charge on any atom is 0.240 e. The minimum Gasteiger partial charge on any atom is -0.247 e. The highest BCUT2D eigenvalue weighted by molar-refractivity contribution is 7.89. The normalized spacial score (nSPS) is 12.7. The number of azide groups is 1. The highest BCUT2D eigenvalue weighted by atomic mass is 32.2. The van der Waals surface area contributed by atoms with Crippen molar-refractivity contribution in [1.82, 2.24) is 4.72 Å². The molecule has 0 aliphatic heterocycles. The van der Waals surface area contributed by atoms with Crippen LogP contribution in [0.1, 0.15) is 12.8 Å². The summed E-state index contributed by atoms with van der Waals surface area (Å²) in [5.74, 6) is 0. The molecule has 0 fully saturated rings. The van der Waals surface area contributed by atoms with E-state index in [1.807, 2.05) is 0 Å². The molecule has 0 aliphatic rings. The van der Waals surface area contributed by atoms with Crippen LogP contribution < -0.4 is 4.72 Å². The van der Waals surface area contributed by atoms with Gasteiger partial charge in [-0.3, -0.25) is 0 Å². The van der Waals surface area contributed by atoms with E-state index in [0.29, 0.717) is 6.42 Å². The Kier molecular flexibility index (Phi) is 6.27. The molecule has 1 aromatic rings. The van der Waals surface area contributed by atoms with Gasteiger partial charge in [-0.2, -0.15) is 0 Å². The lowest BCUT2D eigenvalue weighted by Gasteiger charge is -2.07. The molecule has 0 aromatic heterocycles. The van der Waals surface area contributed by atoms with Gasteiger partial charge in [0.2, 0.25) is 10.0 Å². The third-order valence-electron chi connectivity index (χ3n) is 2.38. The summed E-state index contributed by atoms with van der Waals surface area (Å²) >= 11 is 0. The van der Waals surface area contributed by atoms with Crippen LogP contribution in [0.4, 0.5) is 4.39 Å². The van der Waals surface area contributed by atoms with Gasteiger partial charge in [-0.05, 0) is 30.5 Å². The maximum absolute atomic E-state index is 13.1. The van der Waals surface area contributed by atoms with E-state index in [0.717, 1.165) is 0 Å². The van der Waals surface area contributed by atoms with E-state index in [4.69, 9.17) is 5.53 Å². The molecular formula is C11H15FN4O2S. The van der Waals surface area contributed by atoms with E-state index < -0.39 is 16.2 Å².